The Kier molecular flexibility index (Phi) is 23.3. The highest BCUT2D eigenvalue weighted by atomic mass is 32.1. The monoisotopic (exact) mass is 638 g/mol. The Hall–Kier alpha value is -3.91. The van der Waals surface area contributed by atoms with Crippen molar-refractivity contribution in [1.82, 2.24) is 5.32 Å². The molecule has 2 aromatic carbocycles. The molecule has 0 fully saturated rings. The Labute approximate surface area is 268 Å². The molecule has 11 nitrogen and oxygen atoms in total. The summed E-state index contributed by atoms with van der Waals surface area (Å²) in [6, 6.07) is 16.8. The number of carbonyl (C=O) groups is 3. The Morgan fingerprint density at radius 1 is 0.860 bits per heavy atom. The van der Waals surface area contributed by atoms with E-state index in [1.54, 1.807) is 55.0 Å². The first kappa shape index (κ1) is 37.1. The molecule has 0 saturated heterocycles. The molecule has 0 aromatic heterocycles. The van der Waals surface area contributed by atoms with Crippen molar-refractivity contribution >= 4 is 43.1 Å². The maximum absolute atomic E-state index is 11.3. The predicted molar refractivity (Wildman–Crippen MR) is 171 cm³/mol. The number of carbonyl (C=O) groups excluding carboxylic acids is 3. The summed E-state index contributed by atoms with van der Waals surface area (Å²) in [6.45, 7) is 1.08. The van der Waals surface area contributed by atoms with Crippen molar-refractivity contribution in [2.45, 2.75) is 45.6 Å². The van der Waals surface area contributed by atoms with Gasteiger partial charge in [0.05, 0.1) is 31.4 Å². The number of hydrogen-bond donors (Lipinski definition) is 4. The number of nitrogens with zero attached hydrogens (tertiary/aromatic N) is 2. The van der Waals surface area contributed by atoms with E-state index >= 15 is 0 Å². The first-order valence-corrected chi connectivity index (χ1v) is 14.5. The molecule has 0 bridgehead atoms. The number of nitrogens with one attached hydrogen (secondary N) is 1. The van der Waals surface area contributed by atoms with Gasteiger partial charge in [0.1, 0.15) is 17.5 Å². The zero-order chi connectivity index (χ0) is 34.5. The fraction of sp³-hybridized carbons (Fsp3) is 0.433. The van der Waals surface area contributed by atoms with Gasteiger partial charge in [0.15, 0.2) is 13.2 Å². The molecule has 0 aliphatic carbocycles. The quantitative estimate of drug-likeness (QED) is 0.188. The number of nitrogens with two attached hydrogens (primary N) is 1. The van der Waals surface area contributed by atoms with E-state index in [0.717, 1.165) is 11.1 Å². The topological polar surface area (TPSA) is 174 Å². The van der Waals surface area contributed by atoms with Gasteiger partial charge >= 0.3 is 11.9 Å². The van der Waals surface area contributed by atoms with Gasteiger partial charge in [-0.05, 0) is 61.7 Å². The van der Waals surface area contributed by atoms with Gasteiger partial charge in [-0.1, -0.05) is 24.3 Å². The molecule has 1 amide bonds. The average Bonchev–Trinajstić information content (AvgIpc) is 3.06. The molecule has 0 unspecified atom stereocenters. The maximum Gasteiger partial charge on any atom is 0.344 e. The molecule has 0 aliphatic rings. The van der Waals surface area contributed by atoms with Crippen LogP contribution < -0.4 is 20.5 Å². The van der Waals surface area contributed by atoms with E-state index in [-0.39, 0.29) is 46.1 Å². The number of ether oxygens (including phenoxy) is 4. The molecular formula is C30H42N4O7S2. The highest BCUT2D eigenvalue weighted by Crippen LogP contribution is 2.15. The maximum atomic E-state index is 11.3. The van der Waals surface area contributed by atoms with Crippen LogP contribution in [0.15, 0.2) is 48.5 Å². The van der Waals surface area contributed by atoms with Gasteiger partial charge in [0.2, 0.25) is 5.91 Å². The van der Waals surface area contributed by atoms with E-state index in [4.69, 9.17) is 37.9 Å². The molecule has 2 aromatic rings. The number of amides is 1. The molecule has 236 valence electrons. The van der Waals surface area contributed by atoms with Gasteiger partial charge in [-0.25, -0.2) is 9.59 Å². The van der Waals surface area contributed by atoms with Crippen molar-refractivity contribution in [1.29, 1.82) is 10.5 Å². The van der Waals surface area contributed by atoms with E-state index in [1.807, 2.05) is 18.2 Å². The van der Waals surface area contributed by atoms with Crippen molar-refractivity contribution in [3.63, 3.8) is 0 Å². The fourth-order valence-electron chi connectivity index (χ4n) is 3.03. The molecule has 0 heterocycles. The molecule has 3 N–H and O–H groups in total. The molecule has 0 saturated carbocycles. The van der Waals surface area contributed by atoms with E-state index < -0.39 is 24.0 Å². The zero-order valence-electron chi connectivity index (χ0n) is 26.7. The minimum Gasteiger partial charge on any atom is -0.482 e. The minimum absolute atomic E-state index is 0.0138. The third-order valence-electron chi connectivity index (χ3n) is 4.63. The second-order valence-corrected chi connectivity index (χ2v) is 7.84. The Bertz CT molecular complexity index is 1210. The number of hydrogen-bond acceptors (Lipinski definition) is 12. The number of rotatable bonds is 13. The molecule has 2 atom stereocenters. The largest absolute Gasteiger partial charge is 0.482 e. The Balaban J connectivity index is 0. The minimum atomic E-state index is -0.616. The van der Waals surface area contributed by atoms with Gasteiger partial charge < -0.3 is 30.0 Å². The summed E-state index contributed by atoms with van der Waals surface area (Å²) in [4.78, 5) is 33.5. The van der Waals surface area contributed by atoms with Crippen molar-refractivity contribution in [3.05, 3.63) is 59.7 Å². The summed E-state index contributed by atoms with van der Waals surface area (Å²) in [6.07, 6.45) is 4.16. The van der Waals surface area contributed by atoms with Crippen molar-refractivity contribution in [2.75, 3.05) is 38.9 Å². The number of thiol groups is 2. The van der Waals surface area contributed by atoms with Crippen LogP contribution >= 0.6 is 25.3 Å². The van der Waals surface area contributed by atoms with Crippen molar-refractivity contribution in [3.8, 4) is 23.6 Å². The first-order valence-electron chi connectivity index (χ1n) is 14.2. The van der Waals surface area contributed by atoms with Crippen LogP contribution in [0, 0.1) is 22.7 Å². The van der Waals surface area contributed by atoms with Crippen LogP contribution in [0.4, 0.5) is 0 Å². The lowest BCUT2D eigenvalue weighted by atomic mass is 10.1. The van der Waals surface area contributed by atoms with Gasteiger partial charge in [-0.2, -0.15) is 35.8 Å². The smallest absolute Gasteiger partial charge is 0.344 e. The van der Waals surface area contributed by atoms with Crippen LogP contribution in [0.3, 0.4) is 0 Å². The summed E-state index contributed by atoms with van der Waals surface area (Å²) < 4.78 is 33.7. The van der Waals surface area contributed by atoms with Crippen LogP contribution in [0.2, 0.25) is 0 Å². The second kappa shape index (κ2) is 27.0. The lowest BCUT2D eigenvalue weighted by molar-refractivity contribution is -0.146. The zero-order valence-corrected chi connectivity index (χ0v) is 26.4. The highest BCUT2D eigenvalue weighted by molar-refractivity contribution is 7.79. The third kappa shape index (κ3) is 21.5. The van der Waals surface area contributed by atoms with E-state index in [2.05, 4.69) is 30.6 Å². The Morgan fingerprint density at radius 3 is 1.72 bits per heavy atom. The van der Waals surface area contributed by atoms with Gasteiger partial charge in [0, 0.05) is 22.5 Å². The first-order chi connectivity index (χ1) is 21.7. The van der Waals surface area contributed by atoms with Crippen LogP contribution in [0.25, 0.3) is 0 Å². The normalized spacial score (nSPS) is 11.1. The molecule has 0 aliphatic heterocycles. The fourth-order valence-corrected chi connectivity index (χ4v) is 3.03. The SMILES string of the molecule is CS.CS.[3H]CCOC(=O)COc1cccc(C[C@@H](C#N)NC(C)=O)c1.[3H]CCOC(=O)COc1cccc(C[C@H](N)C#N)c1. The summed E-state index contributed by atoms with van der Waals surface area (Å²) >= 11 is 7.06. The van der Waals surface area contributed by atoms with E-state index in [0.29, 0.717) is 24.3 Å². The van der Waals surface area contributed by atoms with Gasteiger partial charge in [-0.3, -0.25) is 4.79 Å². The molecule has 43 heavy (non-hydrogen) atoms. The molecule has 13 heteroatoms. The summed E-state index contributed by atoms with van der Waals surface area (Å²) in [5.41, 5.74) is 7.21. The van der Waals surface area contributed by atoms with E-state index in [9.17, 15) is 14.4 Å². The van der Waals surface area contributed by atoms with E-state index in [1.165, 1.54) is 6.92 Å². The molecule has 0 spiro atoms. The van der Waals surface area contributed by atoms with Gasteiger partial charge in [-0.15, -0.1) is 0 Å². The number of benzene rings is 2. The van der Waals surface area contributed by atoms with Crippen molar-refractivity contribution < 1.29 is 36.1 Å². The number of esters is 2. The number of nitriles is 2. The van der Waals surface area contributed by atoms with Crippen LogP contribution in [-0.2, 0) is 36.7 Å². The molecule has 0 radical (unpaired) electrons. The molecule has 2 rings (SSSR count). The third-order valence-corrected chi connectivity index (χ3v) is 4.63. The lowest BCUT2D eigenvalue weighted by Crippen LogP contribution is -2.33. The summed E-state index contributed by atoms with van der Waals surface area (Å²) in [7, 11) is 0. The predicted octanol–water partition coefficient (Wildman–Crippen LogP) is 3.31. The van der Waals surface area contributed by atoms with Crippen LogP contribution in [0.1, 0.15) is 34.6 Å². The molecular weight excluding hydrogens is 592 g/mol. The van der Waals surface area contributed by atoms with Crippen LogP contribution in [0.5, 0.6) is 11.5 Å². The average molecular weight is 639 g/mol. The lowest BCUT2D eigenvalue weighted by Gasteiger charge is -2.11. The summed E-state index contributed by atoms with van der Waals surface area (Å²) in [5.74, 6) is -0.321. The second-order valence-electron chi connectivity index (χ2n) is 7.84. The standard InChI is InChI=1S/C15H18N2O4.C13H16N2O3.2CH4S/c1-3-20-15(19)10-21-14-6-4-5-12(8-14)7-13(9-16)17-11(2)18;1-2-17-13(16)9-18-12-5-3-4-10(7-12)6-11(15)8-14;2*1-2/h4-6,8,13H,3,7,10H2,1-2H3,(H,17,18);3-5,7,11H,2,6,9,15H2,1H3;2*2H,1H3/t13-;11-;;/m00../s1/i2*1T;;. The summed E-state index contributed by atoms with van der Waals surface area (Å²) in [5, 5.41) is 20.2. The van der Waals surface area contributed by atoms with Gasteiger partial charge in [0.25, 0.3) is 0 Å². The van der Waals surface area contributed by atoms with Crippen LogP contribution in [-0.4, -0.2) is 68.9 Å². The highest BCUT2D eigenvalue weighted by Gasteiger charge is 2.11. The van der Waals surface area contributed by atoms with Crippen molar-refractivity contribution in [2.24, 2.45) is 5.73 Å². The Morgan fingerprint density at radius 2 is 1.33 bits per heavy atom.